The molecule has 0 bridgehead atoms. The fourth-order valence-corrected chi connectivity index (χ4v) is 8.05. The number of para-hydroxylation sites is 1. The van der Waals surface area contributed by atoms with Crippen molar-refractivity contribution in [3.05, 3.63) is 250 Å². The van der Waals surface area contributed by atoms with Crippen molar-refractivity contribution in [1.29, 1.82) is 0 Å². The molecule has 0 fully saturated rings. The standard InChI is InChI=1S/C54H34O/c1-3-16-38(17-4-1)53(39-18-5-2-6-19-39)46-25-13-14-26-50(46)55-51-32-29-37(34-49(51)53)36-27-30-42-41-21-9-11-23-44(41)54(48(42)33-36)45-24-12-10-22-43(45)52-40-20-8-7-15-35(40)28-31-47(52)54/h1-34H/i1D,2D,3D,4D,5D,6D,7D,8D,9D,10D,11D,12D,13D,14D,15D,16D,17D,18D,20D,21D,22D,23D,24D,25D,26D,27D,28D,29D,30D,31D,32D,33D,34D. The molecule has 3 aliphatic rings. The molecule has 12 rings (SSSR count). The Morgan fingerprint density at radius 2 is 0.964 bits per heavy atom. The average Bonchev–Trinajstić information content (AvgIpc) is 1.38. The highest BCUT2D eigenvalue weighted by molar-refractivity contribution is 6.06. The summed E-state index contributed by atoms with van der Waals surface area (Å²) in [4.78, 5) is 0. The van der Waals surface area contributed by atoms with E-state index in [2.05, 4.69) is 0 Å². The Bertz CT molecular complexity index is 4880. The molecule has 0 saturated heterocycles. The average molecular weight is 732 g/mol. The number of hydrogen-bond donors (Lipinski definition) is 0. The lowest BCUT2D eigenvalue weighted by atomic mass is 9.63. The second-order valence-corrected chi connectivity index (χ2v) is 12.6. The smallest absolute Gasteiger partial charge is 0.132 e. The molecule has 0 amide bonds. The second-order valence-electron chi connectivity index (χ2n) is 12.6. The van der Waals surface area contributed by atoms with Crippen molar-refractivity contribution in [3.63, 3.8) is 0 Å². The summed E-state index contributed by atoms with van der Waals surface area (Å²) in [5.74, 6) is -2.08. The molecule has 1 heteroatoms. The minimum Gasteiger partial charge on any atom is -0.457 e. The van der Waals surface area contributed by atoms with Crippen LogP contribution in [0, 0.1) is 0 Å². The number of rotatable bonds is 3. The highest BCUT2D eigenvalue weighted by atomic mass is 16.5. The Morgan fingerprint density at radius 1 is 0.364 bits per heavy atom. The molecule has 1 nitrogen and oxygen atoms in total. The van der Waals surface area contributed by atoms with Crippen LogP contribution in [0.2, 0.25) is 0 Å². The first-order valence-electron chi connectivity index (χ1n) is 33.0. The van der Waals surface area contributed by atoms with Crippen LogP contribution in [-0.2, 0) is 10.8 Å². The number of benzene rings is 9. The number of hydrogen-bond acceptors (Lipinski definition) is 1. The van der Waals surface area contributed by atoms with Gasteiger partial charge in [0.1, 0.15) is 11.5 Å². The van der Waals surface area contributed by atoms with Gasteiger partial charge in [-0.1, -0.05) is 181 Å². The summed E-state index contributed by atoms with van der Waals surface area (Å²) in [5, 5.41) is -1.28. The molecule has 9 aromatic carbocycles. The third-order valence-corrected chi connectivity index (χ3v) is 10.2. The third kappa shape index (κ3) is 3.92. The molecule has 2 unspecified atom stereocenters. The van der Waals surface area contributed by atoms with Crippen LogP contribution < -0.4 is 4.74 Å². The van der Waals surface area contributed by atoms with Gasteiger partial charge in [0.25, 0.3) is 0 Å². The van der Waals surface area contributed by atoms with Gasteiger partial charge in [-0.2, -0.15) is 0 Å². The number of fused-ring (bicyclic) bond motifs is 14. The van der Waals surface area contributed by atoms with Crippen molar-refractivity contribution >= 4 is 10.8 Å². The maximum Gasteiger partial charge on any atom is 0.132 e. The first-order valence-corrected chi connectivity index (χ1v) is 16.5. The van der Waals surface area contributed by atoms with Gasteiger partial charge in [-0.05, 0) is 102 Å². The zero-order valence-electron chi connectivity index (χ0n) is 60.5. The largest absolute Gasteiger partial charge is 0.457 e. The molecule has 0 N–H and O–H groups in total. The minimum atomic E-state index is -3.34. The van der Waals surface area contributed by atoms with Gasteiger partial charge in [-0.25, -0.2) is 0 Å². The highest BCUT2D eigenvalue weighted by Crippen LogP contribution is 2.64. The van der Waals surface area contributed by atoms with Gasteiger partial charge in [0.15, 0.2) is 0 Å². The van der Waals surface area contributed by atoms with Gasteiger partial charge in [-0.3, -0.25) is 0 Å². The fraction of sp³-hybridized carbons (Fsp3) is 0.0370. The first-order chi connectivity index (χ1) is 41.0. The van der Waals surface area contributed by atoms with Crippen LogP contribution in [0.5, 0.6) is 11.5 Å². The van der Waals surface area contributed by atoms with Gasteiger partial charge >= 0.3 is 0 Å². The molecule has 2 aliphatic carbocycles. The molecule has 1 aliphatic heterocycles. The van der Waals surface area contributed by atoms with Crippen LogP contribution in [0.15, 0.2) is 205 Å². The molecule has 0 saturated carbocycles. The Labute approximate surface area is 367 Å². The molecule has 1 heterocycles. The molecule has 0 aromatic heterocycles. The molecular formula is C54H34O. The van der Waals surface area contributed by atoms with E-state index in [0.717, 1.165) is 0 Å². The lowest BCUT2D eigenvalue weighted by molar-refractivity contribution is 0.434. The van der Waals surface area contributed by atoms with E-state index in [1.165, 1.54) is 0 Å². The van der Waals surface area contributed by atoms with Gasteiger partial charge in [0.2, 0.25) is 0 Å². The van der Waals surface area contributed by atoms with E-state index in [1.807, 2.05) is 0 Å². The monoisotopic (exact) mass is 731 g/mol. The summed E-state index contributed by atoms with van der Waals surface area (Å²) in [5.41, 5.74) is -18.6. The zero-order chi connectivity index (χ0) is 64.9. The molecule has 55 heavy (non-hydrogen) atoms. The van der Waals surface area contributed by atoms with Crippen LogP contribution in [0.3, 0.4) is 0 Å². The Morgan fingerprint density at radius 3 is 1.82 bits per heavy atom. The Kier molecular flexibility index (Phi) is 2.57. The van der Waals surface area contributed by atoms with Crippen molar-refractivity contribution < 1.29 is 50.0 Å². The highest BCUT2D eigenvalue weighted by Gasteiger charge is 2.52. The maximum absolute atomic E-state index is 10.6. The lowest BCUT2D eigenvalue weighted by Gasteiger charge is -2.41. The minimum absolute atomic E-state index is 0.612. The quantitative estimate of drug-likeness (QED) is 0.176. The van der Waals surface area contributed by atoms with E-state index in [4.69, 9.17) is 26.7 Å². The predicted octanol–water partition coefficient (Wildman–Crippen LogP) is 13.3. The second kappa shape index (κ2) is 11.3. The topological polar surface area (TPSA) is 9.23 Å². The van der Waals surface area contributed by atoms with Gasteiger partial charge in [0.05, 0.1) is 56.1 Å². The van der Waals surface area contributed by atoms with Crippen LogP contribution >= 0.6 is 0 Å². The molecule has 1 spiro atoms. The molecule has 0 radical (unpaired) electrons. The summed E-state index contributed by atoms with van der Waals surface area (Å²) < 4.78 is 315. The Hall–Kier alpha value is -6.96. The van der Waals surface area contributed by atoms with Crippen molar-refractivity contribution in [2.24, 2.45) is 0 Å². The summed E-state index contributed by atoms with van der Waals surface area (Å²) >= 11 is 0. The number of ether oxygens (including phenoxy) is 1. The molecule has 256 valence electrons. The van der Waals surface area contributed by atoms with Crippen molar-refractivity contribution in [2.45, 2.75) is 10.8 Å². The van der Waals surface area contributed by atoms with Gasteiger partial charge < -0.3 is 4.74 Å². The van der Waals surface area contributed by atoms with Crippen LogP contribution in [0.1, 0.15) is 89.7 Å². The molecular weight excluding hydrogens is 665 g/mol. The summed E-state index contributed by atoms with van der Waals surface area (Å²) in [7, 11) is 0. The third-order valence-electron chi connectivity index (χ3n) is 10.2. The van der Waals surface area contributed by atoms with E-state index in [9.17, 15) is 23.3 Å². The first kappa shape index (κ1) is 12.5. The van der Waals surface area contributed by atoms with E-state index in [-0.39, 0.29) is 0 Å². The maximum atomic E-state index is 10.6. The van der Waals surface area contributed by atoms with Crippen LogP contribution in [-0.4, -0.2) is 0 Å². The van der Waals surface area contributed by atoms with Gasteiger partial charge in [0, 0.05) is 11.1 Å². The van der Waals surface area contributed by atoms with E-state index >= 15 is 0 Å². The van der Waals surface area contributed by atoms with E-state index in [0.29, 0.717) is 6.07 Å². The molecule has 2 atom stereocenters. The molecule has 9 aromatic rings. The SMILES string of the molecule is [2H]c1cc(C2(c3c([2H])c([2H])c([2H])c([2H])c3[2H])c3c([2H])c([2H])c([2H])c([2H])c3Oc3c([2H])c([2H])c(-c4c([2H])c([2H])c5c(c4[2H])C4(c6c([2H])c([2H])c([2H])c([2H])c6-5)c5c([2H])c([2H])c([2H])c([2H])c5-c5c4c([2H])c([2H])c4c([2H])c([2H])c([2H])c([2H])c54)c([2H])c32)c([2H])c([2H])c1[2H]. The van der Waals surface area contributed by atoms with E-state index < -0.39 is 310 Å². The van der Waals surface area contributed by atoms with E-state index in [1.54, 1.807) is 0 Å². The Balaban J connectivity index is 1.38. The van der Waals surface area contributed by atoms with Crippen molar-refractivity contribution in [2.75, 3.05) is 0 Å². The lowest BCUT2D eigenvalue weighted by Crippen LogP contribution is -2.34. The van der Waals surface area contributed by atoms with Crippen LogP contribution in [0.25, 0.3) is 44.2 Å². The van der Waals surface area contributed by atoms with Crippen molar-refractivity contribution in [1.82, 2.24) is 0 Å². The fourth-order valence-electron chi connectivity index (χ4n) is 8.05. The van der Waals surface area contributed by atoms with Crippen molar-refractivity contribution in [3.8, 4) is 44.9 Å². The zero-order valence-corrected chi connectivity index (χ0v) is 27.5. The van der Waals surface area contributed by atoms with Gasteiger partial charge in [-0.15, -0.1) is 0 Å². The van der Waals surface area contributed by atoms with Crippen LogP contribution in [0.4, 0.5) is 0 Å². The predicted molar refractivity (Wildman–Crippen MR) is 224 cm³/mol. The summed E-state index contributed by atoms with van der Waals surface area (Å²) in [6.07, 6.45) is 0. The summed E-state index contributed by atoms with van der Waals surface area (Å²) in [6, 6.07) is -34.9. The summed E-state index contributed by atoms with van der Waals surface area (Å²) in [6.45, 7) is 0. The normalized spacial score (nSPS) is 26.5.